The lowest BCUT2D eigenvalue weighted by molar-refractivity contribution is 0.0661. The lowest BCUT2D eigenvalue weighted by atomic mass is 10.4. The number of rotatable bonds is 5. The number of carbonyl (C=O) groups is 1. The Labute approximate surface area is 119 Å². The highest BCUT2D eigenvalue weighted by Gasteiger charge is 2.23. The second-order valence-electron chi connectivity index (χ2n) is 4.03. The first-order valence-corrected chi connectivity index (χ1v) is 7.84. The number of sulfonamides is 1. The van der Waals surface area contributed by atoms with Crippen molar-refractivity contribution in [3.63, 3.8) is 0 Å². The quantitative estimate of drug-likeness (QED) is 0.865. The van der Waals surface area contributed by atoms with E-state index in [0.29, 0.717) is 5.01 Å². The summed E-state index contributed by atoms with van der Waals surface area (Å²) >= 11 is 1.38. The minimum atomic E-state index is -3.83. The van der Waals surface area contributed by atoms with Gasteiger partial charge in [-0.15, -0.1) is 11.3 Å². The summed E-state index contributed by atoms with van der Waals surface area (Å²) in [6, 6.07) is 0.993. The maximum absolute atomic E-state index is 12.1. The van der Waals surface area contributed by atoms with Gasteiger partial charge in [0.15, 0.2) is 0 Å². The molecule has 2 N–H and O–H groups in total. The Bertz CT molecular complexity index is 745. The molecule has 2 aromatic heterocycles. The van der Waals surface area contributed by atoms with E-state index in [1.165, 1.54) is 18.3 Å². The zero-order valence-corrected chi connectivity index (χ0v) is 12.3. The highest BCUT2D eigenvalue weighted by molar-refractivity contribution is 7.89. The lowest BCUT2D eigenvalue weighted by Gasteiger charge is -2.03. The van der Waals surface area contributed by atoms with Gasteiger partial charge in [-0.25, -0.2) is 22.9 Å². The molecule has 0 saturated carbocycles. The van der Waals surface area contributed by atoms with Crippen molar-refractivity contribution in [3.05, 3.63) is 33.7 Å². The van der Waals surface area contributed by atoms with Crippen molar-refractivity contribution in [2.45, 2.75) is 25.3 Å². The number of hydrogen-bond donors (Lipinski definition) is 2. The van der Waals surface area contributed by atoms with E-state index in [1.54, 1.807) is 6.20 Å². The third-order valence-electron chi connectivity index (χ3n) is 2.46. The molecule has 108 valence electrons. The third kappa shape index (κ3) is 3.06. The first-order chi connectivity index (χ1) is 9.29. The molecule has 0 aliphatic rings. The minimum Gasteiger partial charge on any atom is -0.475 e. The Balaban J connectivity index is 2.20. The lowest BCUT2D eigenvalue weighted by Crippen LogP contribution is -2.23. The van der Waals surface area contributed by atoms with Gasteiger partial charge >= 0.3 is 5.97 Å². The van der Waals surface area contributed by atoms with Crippen molar-refractivity contribution >= 4 is 27.3 Å². The first-order valence-electron chi connectivity index (χ1n) is 5.54. The molecule has 0 atom stereocenters. The molecule has 0 radical (unpaired) electrons. The number of aryl methyl sites for hydroxylation is 2. The molecule has 7 nitrogen and oxygen atoms in total. The molecule has 0 bridgehead atoms. The Morgan fingerprint density at radius 3 is 2.70 bits per heavy atom. The van der Waals surface area contributed by atoms with Crippen molar-refractivity contribution in [2.75, 3.05) is 0 Å². The van der Waals surface area contributed by atoms with Crippen LogP contribution < -0.4 is 4.72 Å². The van der Waals surface area contributed by atoms with Crippen LogP contribution in [0.2, 0.25) is 0 Å². The number of aromatic carboxylic acids is 1. The van der Waals surface area contributed by atoms with Crippen molar-refractivity contribution in [1.29, 1.82) is 0 Å². The molecule has 0 fully saturated rings. The molecule has 9 heteroatoms. The van der Waals surface area contributed by atoms with Crippen molar-refractivity contribution < 1.29 is 22.7 Å². The van der Waals surface area contributed by atoms with Gasteiger partial charge in [-0.1, -0.05) is 0 Å². The zero-order valence-electron chi connectivity index (χ0n) is 10.7. The number of thiazole rings is 1. The van der Waals surface area contributed by atoms with E-state index in [9.17, 15) is 13.2 Å². The van der Waals surface area contributed by atoms with E-state index in [-0.39, 0.29) is 17.2 Å². The third-order valence-corrected chi connectivity index (χ3v) is 4.88. The molecular formula is C11H12N2O5S2. The van der Waals surface area contributed by atoms with Gasteiger partial charge in [0.1, 0.15) is 15.7 Å². The number of nitrogens with one attached hydrogen (secondary N) is 1. The predicted octanol–water partition coefficient (Wildman–Crippen LogP) is 1.53. The number of carboxylic acid groups (broad SMARTS) is 1. The summed E-state index contributed by atoms with van der Waals surface area (Å²) in [7, 11) is -3.83. The molecule has 20 heavy (non-hydrogen) atoms. The fraction of sp³-hybridized carbons (Fsp3) is 0.273. The number of furan rings is 1. The maximum Gasteiger partial charge on any atom is 0.371 e. The molecule has 0 spiro atoms. The van der Waals surface area contributed by atoms with Gasteiger partial charge < -0.3 is 9.52 Å². The van der Waals surface area contributed by atoms with Crippen LogP contribution in [0, 0.1) is 13.8 Å². The Morgan fingerprint density at radius 2 is 2.20 bits per heavy atom. The van der Waals surface area contributed by atoms with Crippen LogP contribution in [-0.2, 0) is 16.6 Å². The average molecular weight is 316 g/mol. The van der Waals surface area contributed by atoms with E-state index < -0.39 is 21.8 Å². The van der Waals surface area contributed by atoms with Gasteiger partial charge in [0, 0.05) is 17.1 Å². The minimum absolute atomic E-state index is 0.0326. The monoisotopic (exact) mass is 316 g/mol. The van der Waals surface area contributed by atoms with E-state index >= 15 is 0 Å². The van der Waals surface area contributed by atoms with Crippen LogP contribution in [0.5, 0.6) is 0 Å². The molecule has 0 aliphatic heterocycles. The second-order valence-corrected chi connectivity index (χ2v) is 7.08. The molecule has 2 aromatic rings. The van der Waals surface area contributed by atoms with E-state index in [0.717, 1.165) is 10.9 Å². The van der Waals surface area contributed by atoms with Gasteiger partial charge in [-0.05, 0) is 13.8 Å². The van der Waals surface area contributed by atoms with Crippen molar-refractivity contribution in [2.24, 2.45) is 0 Å². The number of carboxylic acids is 1. The number of hydrogen-bond acceptors (Lipinski definition) is 6. The molecule has 0 amide bonds. The summed E-state index contributed by atoms with van der Waals surface area (Å²) in [6.07, 6.45) is 1.65. The summed E-state index contributed by atoms with van der Waals surface area (Å²) in [5.74, 6) is -1.69. The molecule has 0 saturated heterocycles. The van der Waals surface area contributed by atoms with Crippen molar-refractivity contribution in [3.8, 4) is 0 Å². The Morgan fingerprint density at radius 1 is 1.50 bits per heavy atom. The first kappa shape index (κ1) is 14.7. The number of aromatic nitrogens is 1. The molecule has 0 unspecified atom stereocenters. The van der Waals surface area contributed by atoms with E-state index in [1.807, 2.05) is 6.92 Å². The summed E-state index contributed by atoms with van der Waals surface area (Å²) < 4.78 is 31.4. The Kier molecular flexibility index (Phi) is 3.93. The summed E-state index contributed by atoms with van der Waals surface area (Å²) in [6.45, 7) is 3.32. The molecule has 0 aromatic carbocycles. The van der Waals surface area contributed by atoms with Gasteiger partial charge in [-0.2, -0.15) is 0 Å². The number of nitrogens with zero attached hydrogens (tertiary/aromatic N) is 1. The van der Waals surface area contributed by atoms with Crippen LogP contribution in [-0.4, -0.2) is 24.5 Å². The largest absolute Gasteiger partial charge is 0.475 e. The molecule has 2 heterocycles. The molecule has 2 rings (SSSR count). The summed E-state index contributed by atoms with van der Waals surface area (Å²) in [5, 5.41) is 9.41. The predicted molar refractivity (Wildman–Crippen MR) is 71.3 cm³/mol. The van der Waals surface area contributed by atoms with Crippen LogP contribution in [0.4, 0.5) is 0 Å². The van der Waals surface area contributed by atoms with Gasteiger partial charge in [0.2, 0.25) is 15.8 Å². The van der Waals surface area contributed by atoms with Crippen LogP contribution in [0.3, 0.4) is 0 Å². The zero-order chi connectivity index (χ0) is 14.9. The fourth-order valence-corrected chi connectivity index (χ4v) is 3.54. The summed E-state index contributed by atoms with van der Waals surface area (Å²) in [5.41, 5.74) is 0. The van der Waals surface area contributed by atoms with E-state index in [2.05, 4.69) is 9.71 Å². The normalized spacial score (nSPS) is 11.7. The van der Waals surface area contributed by atoms with Gasteiger partial charge in [0.25, 0.3) is 0 Å². The average Bonchev–Trinajstić information content (AvgIpc) is 2.93. The van der Waals surface area contributed by atoms with Gasteiger partial charge in [0.05, 0.1) is 6.54 Å². The highest BCUT2D eigenvalue weighted by atomic mass is 32.2. The van der Waals surface area contributed by atoms with Gasteiger partial charge in [-0.3, -0.25) is 0 Å². The second kappa shape index (κ2) is 5.35. The molecular weight excluding hydrogens is 304 g/mol. The Hall–Kier alpha value is -1.71. The van der Waals surface area contributed by atoms with E-state index in [4.69, 9.17) is 9.52 Å². The topological polar surface area (TPSA) is 110 Å². The van der Waals surface area contributed by atoms with Crippen LogP contribution >= 0.6 is 11.3 Å². The van der Waals surface area contributed by atoms with Crippen LogP contribution in [0.1, 0.15) is 26.2 Å². The standard InChI is InChI=1S/C11H12N2O5S2/c1-6-4-12-10(19-6)5-13-20(16,17)9-3-8(11(14)15)18-7(9)2/h3-4,13H,5H2,1-2H3,(H,14,15). The SMILES string of the molecule is Cc1cnc(CNS(=O)(=O)c2cc(C(=O)O)oc2C)s1. The van der Waals surface area contributed by atoms with Crippen LogP contribution in [0.25, 0.3) is 0 Å². The maximum atomic E-state index is 12.1. The summed E-state index contributed by atoms with van der Waals surface area (Å²) in [4.78, 5) is 15.6. The van der Waals surface area contributed by atoms with Crippen molar-refractivity contribution in [1.82, 2.24) is 9.71 Å². The smallest absolute Gasteiger partial charge is 0.371 e. The van der Waals surface area contributed by atoms with Crippen LogP contribution in [0.15, 0.2) is 21.6 Å². The highest BCUT2D eigenvalue weighted by Crippen LogP contribution is 2.20. The fourth-order valence-electron chi connectivity index (χ4n) is 1.56. The molecule has 0 aliphatic carbocycles.